The van der Waals surface area contributed by atoms with Crippen LogP contribution in [0.25, 0.3) is 0 Å². The standard InChI is InChI=1S/C24H35F3N8O2/c1-16-20(15-35(33-16)18-4-10-34(2)11-5-18)31-23-30-14-19(24(25,26)27)21(32-23)28-8-3-9-29-22(36)17-6-12-37-13-7-17/h14-15,17-18H,3-13H2,1-2H3,(H,29,36)(H2,28,30,31,32). The van der Waals surface area contributed by atoms with Crippen LogP contribution in [0.2, 0.25) is 0 Å². The van der Waals surface area contributed by atoms with Gasteiger partial charge in [-0.1, -0.05) is 0 Å². The van der Waals surface area contributed by atoms with Crippen molar-refractivity contribution in [3.63, 3.8) is 0 Å². The third-order valence-electron chi connectivity index (χ3n) is 6.86. The third kappa shape index (κ3) is 7.31. The van der Waals surface area contributed by atoms with E-state index in [4.69, 9.17) is 4.74 Å². The molecule has 0 atom stereocenters. The minimum absolute atomic E-state index is 0.0380. The molecule has 13 heteroatoms. The summed E-state index contributed by atoms with van der Waals surface area (Å²) in [6.45, 7) is 5.53. The van der Waals surface area contributed by atoms with Crippen molar-refractivity contribution in [3.05, 3.63) is 23.7 Å². The number of nitrogens with one attached hydrogen (secondary N) is 3. The summed E-state index contributed by atoms with van der Waals surface area (Å²) in [6, 6.07) is 0.281. The second-order valence-corrected chi connectivity index (χ2v) is 9.68. The SMILES string of the molecule is Cc1nn(C2CCN(C)CC2)cc1Nc1ncc(C(F)(F)F)c(NCCCNC(=O)C2CCOCC2)n1. The van der Waals surface area contributed by atoms with Crippen LogP contribution in [0.15, 0.2) is 12.4 Å². The van der Waals surface area contributed by atoms with E-state index in [0.717, 1.165) is 37.8 Å². The summed E-state index contributed by atoms with van der Waals surface area (Å²) in [7, 11) is 2.09. The number of halogens is 3. The summed E-state index contributed by atoms with van der Waals surface area (Å²) in [5.41, 5.74) is 0.431. The van der Waals surface area contributed by atoms with E-state index in [2.05, 4.69) is 43.0 Å². The molecule has 4 rings (SSSR count). The summed E-state index contributed by atoms with van der Waals surface area (Å²) < 4.78 is 47.9. The van der Waals surface area contributed by atoms with Gasteiger partial charge in [-0.05, 0) is 59.2 Å². The Hall–Kier alpha value is -2.93. The monoisotopic (exact) mass is 524 g/mol. The number of anilines is 3. The molecule has 2 aromatic rings. The van der Waals surface area contributed by atoms with Gasteiger partial charge in [-0.15, -0.1) is 0 Å². The van der Waals surface area contributed by atoms with Crippen molar-refractivity contribution in [2.75, 3.05) is 57.1 Å². The fourth-order valence-electron chi connectivity index (χ4n) is 4.57. The van der Waals surface area contributed by atoms with E-state index in [-0.39, 0.29) is 36.2 Å². The topological polar surface area (TPSA) is 109 Å². The average molecular weight is 525 g/mol. The molecule has 1 amide bonds. The molecule has 2 aliphatic rings. The Morgan fingerprint density at radius 1 is 1.16 bits per heavy atom. The van der Waals surface area contributed by atoms with Crippen LogP contribution in [0.3, 0.4) is 0 Å². The molecule has 2 fully saturated rings. The Labute approximate surface area is 214 Å². The van der Waals surface area contributed by atoms with Gasteiger partial charge in [0.15, 0.2) is 0 Å². The smallest absolute Gasteiger partial charge is 0.381 e. The number of piperidine rings is 1. The van der Waals surface area contributed by atoms with Crippen LogP contribution in [0, 0.1) is 12.8 Å². The molecule has 0 bridgehead atoms. The first kappa shape index (κ1) is 27.1. The molecule has 0 saturated carbocycles. The highest BCUT2D eigenvalue weighted by molar-refractivity contribution is 5.78. The average Bonchev–Trinajstić information content (AvgIpc) is 3.24. The molecule has 2 saturated heterocycles. The molecule has 3 N–H and O–H groups in total. The minimum Gasteiger partial charge on any atom is -0.381 e. The van der Waals surface area contributed by atoms with Crippen molar-refractivity contribution in [2.45, 2.75) is 51.2 Å². The maximum Gasteiger partial charge on any atom is 0.421 e. The van der Waals surface area contributed by atoms with E-state index in [0.29, 0.717) is 44.7 Å². The van der Waals surface area contributed by atoms with Crippen LogP contribution in [0.5, 0.6) is 0 Å². The van der Waals surface area contributed by atoms with Crippen LogP contribution in [-0.2, 0) is 15.7 Å². The van der Waals surface area contributed by atoms with Gasteiger partial charge in [0.05, 0.1) is 17.4 Å². The van der Waals surface area contributed by atoms with Crippen LogP contribution >= 0.6 is 0 Å². The highest BCUT2D eigenvalue weighted by atomic mass is 19.4. The molecule has 0 spiro atoms. The number of likely N-dealkylation sites (tertiary alicyclic amines) is 1. The molecular weight excluding hydrogens is 489 g/mol. The first-order chi connectivity index (χ1) is 17.7. The predicted molar refractivity (Wildman–Crippen MR) is 133 cm³/mol. The van der Waals surface area contributed by atoms with Crippen molar-refractivity contribution in [2.24, 2.45) is 5.92 Å². The summed E-state index contributed by atoms with van der Waals surface area (Å²) in [6.07, 6.45) is 1.82. The van der Waals surface area contributed by atoms with Gasteiger partial charge in [-0.2, -0.15) is 23.3 Å². The highest BCUT2D eigenvalue weighted by Crippen LogP contribution is 2.34. The number of hydrogen-bond donors (Lipinski definition) is 3. The Morgan fingerprint density at radius 2 is 1.89 bits per heavy atom. The van der Waals surface area contributed by atoms with Gasteiger partial charge in [0.2, 0.25) is 11.9 Å². The fraction of sp³-hybridized carbons (Fsp3) is 0.667. The van der Waals surface area contributed by atoms with Gasteiger partial charge in [-0.3, -0.25) is 9.48 Å². The maximum absolute atomic E-state index is 13.6. The number of rotatable bonds is 9. The molecule has 37 heavy (non-hydrogen) atoms. The number of amides is 1. The molecule has 4 heterocycles. The maximum atomic E-state index is 13.6. The highest BCUT2D eigenvalue weighted by Gasteiger charge is 2.35. The van der Waals surface area contributed by atoms with Crippen LogP contribution in [0.4, 0.5) is 30.6 Å². The van der Waals surface area contributed by atoms with Gasteiger partial charge < -0.3 is 25.6 Å². The van der Waals surface area contributed by atoms with Gasteiger partial charge >= 0.3 is 6.18 Å². The van der Waals surface area contributed by atoms with E-state index in [1.807, 2.05) is 17.8 Å². The molecule has 0 unspecified atom stereocenters. The molecule has 2 aromatic heterocycles. The Morgan fingerprint density at radius 3 is 2.59 bits per heavy atom. The van der Waals surface area contributed by atoms with Crippen molar-refractivity contribution < 1.29 is 22.7 Å². The second kappa shape index (κ2) is 12.1. The molecule has 204 valence electrons. The number of carbonyl (C=O) groups is 1. The quantitative estimate of drug-likeness (QED) is 0.429. The van der Waals surface area contributed by atoms with E-state index in [1.54, 1.807) is 0 Å². The number of aromatic nitrogens is 4. The second-order valence-electron chi connectivity index (χ2n) is 9.68. The number of aryl methyl sites for hydroxylation is 1. The molecule has 10 nitrogen and oxygen atoms in total. The predicted octanol–water partition coefficient (Wildman–Crippen LogP) is 3.36. The minimum atomic E-state index is -4.60. The summed E-state index contributed by atoms with van der Waals surface area (Å²) in [4.78, 5) is 22.5. The Bertz CT molecular complexity index is 1050. The molecule has 0 aliphatic carbocycles. The lowest BCUT2D eigenvalue weighted by molar-refractivity contribution is -0.137. The lowest BCUT2D eigenvalue weighted by Crippen LogP contribution is -2.35. The third-order valence-corrected chi connectivity index (χ3v) is 6.86. The van der Waals surface area contributed by atoms with E-state index in [9.17, 15) is 18.0 Å². The molecule has 2 aliphatic heterocycles. The van der Waals surface area contributed by atoms with Crippen molar-refractivity contribution >= 4 is 23.4 Å². The van der Waals surface area contributed by atoms with Gasteiger partial charge in [0, 0.05) is 44.6 Å². The number of hydrogen-bond acceptors (Lipinski definition) is 8. The zero-order valence-corrected chi connectivity index (χ0v) is 21.3. The molecule has 0 aromatic carbocycles. The van der Waals surface area contributed by atoms with Crippen LogP contribution in [-0.4, -0.2) is 77.0 Å². The zero-order valence-electron chi connectivity index (χ0n) is 21.3. The van der Waals surface area contributed by atoms with Gasteiger partial charge in [-0.25, -0.2) is 4.98 Å². The molecule has 0 radical (unpaired) electrons. The summed E-state index contributed by atoms with van der Waals surface area (Å²) in [5.74, 6) is -0.360. The van der Waals surface area contributed by atoms with E-state index >= 15 is 0 Å². The van der Waals surface area contributed by atoms with Gasteiger partial charge in [0.25, 0.3) is 0 Å². The van der Waals surface area contributed by atoms with Crippen molar-refractivity contribution in [1.82, 2.24) is 30.0 Å². The first-order valence-electron chi connectivity index (χ1n) is 12.8. The number of nitrogens with zero attached hydrogens (tertiary/aromatic N) is 5. The lowest BCUT2D eigenvalue weighted by atomic mass is 9.99. The van der Waals surface area contributed by atoms with Crippen molar-refractivity contribution in [1.29, 1.82) is 0 Å². The van der Waals surface area contributed by atoms with Crippen molar-refractivity contribution in [3.8, 4) is 0 Å². The largest absolute Gasteiger partial charge is 0.421 e. The zero-order chi connectivity index (χ0) is 26.4. The number of carbonyl (C=O) groups excluding carboxylic acids is 1. The molecular formula is C24H35F3N8O2. The lowest BCUT2D eigenvalue weighted by Gasteiger charge is -2.28. The Kier molecular flexibility index (Phi) is 8.85. The number of alkyl halides is 3. The summed E-state index contributed by atoms with van der Waals surface area (Å²) >= 11 is 0. The summed E-state index contributed by atoms with van der Waals surface area (Å²) in [5, 5.41) is 13.2. The Balaban J connectivity index is 1.36. The fourth-order valence-corrected chi connectivity index (χ4v) is 4.57. The van der Waals surface area contributed by atoms with Gasteiger partial charge in [0.1, 0.15) is 11.4 Å². The van der Waals surface area contributed by atoms with E-state index in [1.165, 1.54) is 0 Å². The number of ether oxygens (including phenoxy) is 1. The first-order valence-corrected chi connectivity index (χ1v) is 12.8. The normalized spacial score (nSPS) is 18.1. The van der Waals surface area contributed by atoms with Crippen LogP contribution < -0.4 is 16.0 Å². The van der Waals surface area contributed by atoms with E-state index < -0.39 is 11.7 Å². The van der Waals surface area contributed by atoms with Crippen LogP contribution in [0.1, 0.15) is 49.4 Å².